The molecule has 11 heteroatoms. The lowest BCUT2D eigenvalue weighted by atomic mass is 9.82. The zero-order valence-corrected chi connectivity index (χ0v) is 19.6. The summed E-state index contributed by atoms with van der Waals surface area (Å²) in [6, 6.07) is 22.4. The molecule has 6 nitrogen and oxygen atoms in total. The number of carbonyl (C=O) groups excluding carboxylic acids is 1. The maximum Gasteiger partial charge on any atom is 0.490 e. The first-order valence-corrected chi connectivity index (χ1v) is 10.7. The van der Waals surface area contributed by atoms with Crippen molar-refractivity contribution >= 4 is 41.0 Å². The van der Waals surface area contributed by atoms with Gasteiger partial charge in [-0.2, -0.15) is 13.2 Å². The molecule has 1 heterocycles. The highest BCUT2D eigenvalue weighted by molar-refractivity contribution is 6.36. The molecule has 0 bridgehead atoms. The lowest BCUT2D eigenvalue weighted by Crippen LogP contribution is -2.41. The SMILES string of the molecule is CN1C(=O)C(c2ccccc2)(c2cccc(-c3ccc(Cl)cc3Cl)c2)N=C1N.O=C(O)C(F)(F)F. The van der Waals surface area contributed by atoms with Crippen LogP contribution in [0, 0.1) is 0 Å². The number of aliphatic imine (C=N–C) groups is 1. The van der Waals surface area contributed by atoms with E-state index in [4.69, 9.17) is 38.8 Å². The summed E-state index contributed by atoms with van der Waals surface area (Å²) in [5.41, 5.74) is 7.97. The van der Waals surface area contributed by atoms with Crippen molar-refractivity contribution in [2.45, 2.75) is 11.7 Å². The predicted molar refractivity (Wildman–Crippen MR) is 127 cm³/mol. The van der Waals surface area contributed by atoms with Gasteiger partial charge in [0.1, 0.15) is 0 Å². The number of amides is 1. The number of alkyl halides is 3. The van der Waals surface area contributed by atoms with Crippen LogP contribution in [0.2, 0.25) is 10.0 Å². The van der Waals surface area contributed by atoms with E-state index in [1.54, 1.807) is 19.2 Å². The van der Waals surface area contributed by atoms with E-state index >= 15 is 0 Å². The molecule has 4 rings (SSSR count). The Bertz CT molecular complexity index is 1300. The van der Waals surface area contributed by atoms with Gasteiger partial charge in [-0.1, -0.05) is 77.8 Å². The first kappa shape index (κ1) is 26.1. The van der Waals surface area contributed by atoms with Gasteiger partial charge in [0.05, 0.1) is 0 Å². The second-order valence-electron chi connectivity index (χ2n) is 7.42. The van der Waals surface area contributed by atoms with Crippen LogP contribution >= 0.6 is 23.2 Å². The molecule has 1 aliphatic heterocycles. The summed E-state index contributed by atoms with van der Waals surface area (Å²) in [6.45, 7) is 0. The van der Waals surface area contributed by atoms with Crippen molar-refractivity contribution in [1.82, 2.24) is 4.90 Å². The number of halogens is 5. The molecule has 0 saturated carbocycles. The van der Waals surface area contributed by atoms with Crippen LogP contribution in [0.5, 0.6) is 0 Å². The minimum atomic E-state index is -5.08. The number of hydrogen-bond acceptors (Lipinski definition) is 4. The molecule has 1 aliphatic rings. The largest absolute Gasteiger partial charge is 0.490 e. The molecule has 1 atom stereocenters. The first-order valence-electron chi connectivity index (χ1n) is 9.93. The molecule has 35 heavy (non-hydrogen) atoms. The number of aliphatic carboxylic acids is 1. The van der Waals surface area contributed by atoms with Gasteiger partial charge in [-0.3, -0.25) is 9.69 Å². The van der Waals surface area contributed by atoms with Gasteiger partial charge >= 0.3 is 12.1 Å². The topological polar surface area (TPSA) is 96.0 Å². The van der Waals surface area contributed by atoms with E-state index in [0.29, 0.717) is 10.0 Å². The molecule has 3 N–H and O–H groups in total. The van der Waals surface area contributed by atoms with Crippen LogP contribution in [0.25, 0.3) is 11.1 Å². The van der Waals surface area contributed by atoms with Crippen LogP contribution < -0.4 is 5.73 Å². The monoisotopic (exact) mass is 523 g/mol. The normalized spacial score (nSPS) is 17.5. The molecule has 1 amide bonds. The molecule has 1 unspecified atom stereocenters. The molecule has 0 fully saturated rings. The smallest absolute Gasteiger partial charge is 0.475 e. The van der Waals surface area contributed by atoms with Crippen molar-refractivity contribution in [2.24, 2.45) is 10.7 Å². The van der Waals surface area contributed by atoms with Crippen LogP contribution in [-0.4, -0.2) is 41.1 Å². The van der Waals surface area contributed by atoms with Gasteiger partial charge < -0.3 is 10.8 Å². The van der Waals surface area contributed by atoms with E-state index in [0.717, 1.165) is 22.3 Å². The third kappa shape index (κ3) is 5.26. The second-order valence-corrected chi connectivity index (χ2v) is 8.26. The van der Waals surface area contributed by atoms with Crippen LogP contribution in [0.3, 0.4) is 0 Å². The van der Waals surface area contributed by atoms with Crippen molar-refractivity contribution in [3.63, 3.8) is 0 Å². The molecule has 3 aromatic carbocycles. The highest BCUT2D eigenvalue weighted by Crippen LogP contribution is 2.41. The zero-order chi connectivity index (χ0) is 26.0. The Hall–Kier alpha value is -3.56. The molecule has 0 spiro atoms. The summed E-state index contributed by atoms with van der Waals surface area (Å²) < 4.78 is 31.7. The van der Waals surface area contributed by atoms with E-state index in [9.17, 15) is 18.0 Å². The Morgan fingerprint density at radius 1 is 1.00 bits per heavy atom. The zero-order valence-electron chi connectivity index (χ0n) is 18.1. The van der Waals surface area contributed by atoms with Crippen LogP contribution in [0.15, 0.2) is 77.8 Å². The molecule has 0 radical (unpaired) electrons. The number of hydrogen-bond donors (Lipinski definition) is 2. The highest BCUT2D eigenvalue weighted by atomic mass is 35.5. The Labute approximate surface area is 208 Å². The number of benzene rings is 3. The average Bonchev–Trinajstić information content (AvgIpc) is 3.04. The van der Waals surface area contributed by atoms with Gasteiger partial charge in [0.2, 0.25) is 0 Å². The fraction of sp³-hybridized carbons (Fsp3) is 0.125. The fourth-order valence-electron chi connectivity index (χ4n) is 3.50. The second kappa shape index (κ2) is 9.97. The summed E-state index contributed by atoms with van der Waals surface area (Å²) >= 11 is 12.4. The Morgan fingerprint density at radius 2 is 1.60 bits per heavy atom. The molecule has 0 aliphatic carbocycles. The van der Waals surface area contributed by atoms with Crippen LogP contribution in [0.4, 0.5) is 13.2 Å². The van der Waals surface area contributed by atoms with Crippen molar-refractivity contribution in [3.8, 4) is 11.1 Å². The van der Waals surface area contributed by atoms with E-state index in [-0.39, 0.29) is 11.9 Å². The number of carboxylic acids is 1. The van der Waals surface area contributed by atoms with Crippen LogP contribution in [-0.2, 0) is 15.1 Å². The number of carboxylic acid groups (broad SMARTS) is 1. The number of carbonyl (C=O) groups is 2. The lowest BCUT2D eigenvalue weighted by molar-refractivity contribution is -0.192. The van der Waals surface area contributed by atoms with E-state index in [1.807, 2.05) is 60.7 Å². The molecule has 3 aromatic rings. The van der Waals surface area contributed by atoms with Crippen LogP contribution in [0.1, 0.15) is 11.1 Å². The lowest BCUT2D eigenvalue weighted by Gasteiger charge is -2.26. The van der Waals surface area contributed by atoms with Crippen molar-refractivity contribution in [2.75, 3.05) is 7.05 Å². The predicted octanol–water partition coefficient (Wildman–Crippen LogP) is 5.32. The summed E-state index contributed by atoms with van der Waals surface area (Å²) in [4.78, 5) is 28.2. The van der Waals surface area contributed by atoms with Gasteiger partial charge in [-0.15, -0.1) is 0 Å². The molecule has 0 aromatic heterocycles. The highest BCUT2D eigenvalue weighted by Gasteiger charge is 2.49. The van der Waals surface area contributed by atoms with E-state index in [1.165, 1.54) is 4.90 Å². The minimum absolute atomic E-state index is 0.184. The van der Waals surface area contributed by atoms with Crippen molar-refractivity contribution < 1.29 is 27.9 Å². The minimum Gasteiger partial charge on any atom is -0.475 e. The Kier molecular flexibility index (Phi) is 7.42. The maximum atomic E-state index is 13.3. The number of nitrogens with zero attached hydrogens (tertiary/aromatic N) is 2. The summed E-state index contributed by atoms with van der Waals surface area (Å²) in [5.74, 6) is -2.77. The number of likely N-dealkylation sites (N-methyl/N-ethyl adjacent to an activating group) is 1. The fourth-order valence-corrected chi connectivity index (χ4v) is 4.02. The maximum absolute atomic E-state index is 13.3. The van der Waals surface area contributed by atoms with E-state index in [2.05, 4.69) is 4.99 Å². The van der Waals surface area contributed by atoms with Gasteiger partial charge in [0.25, 0.3) is 5.91 Å². The molecular weight excluding hydrogens is 506 g/mol. The van der Waals surface area contributed by atoms with Crippen molar-refractivity contribution in [3.05, 3.63) is 94.0 Å². The summed E-state index contributed by atoms with van der Waals surface area (Å²) in [5, 5.41) is 8.23. The Morgan fingerprint density at radius 3 is 2.11 bits per heavy atom. The third-order valence-electron chi connectivity index (χ3n) is 5.20. The van der Waals surface area contributed by atoms with Gasteiger partial charge in [0.15, 0.2) is 11.5 Å². The Balaban J connectivity index is 0.000000429. The first-order chi connectivity index (χ1) is 16.4. The van der Waals surface area contributed by atoms with E-state index < -0.39 is 17.7 Å². The summed E-state index contributed by atoms with van der Waals surface area (Å²) in [7, 11) is 1.63. The standard InChI is InChI=1S/C22H17Cl2N3O.C2HF3O2/c1-27-20(28)22(26-21(27)25,15-7-3-2-4-8-15)16-9-5-6-14(12-16)18-11-10-17(23)13-19(18)24;3-2(4,5)1(6)7/h2-13H,1H3,(H2,25,26);(H,6,7). The molecule has 182 valence electrons. The third-order valence-corrected chi connectivity index (χ3v) is 5.74. The van der Waals surface area contributed by atoms with Gasteiger partial charge in [0, 0.05) is 22.7 Å². The molecular formula is C24H18Cl2F3N3O3. The average molecular weight is 524 g/mol. The number of nitrogens with two attached hydrogens (primary N) is 1. The van der Waals surface area contributed by atoms with Gasteiger partial charge in [-0.05, 0) is 34.9 Å². The number of rotatable bonds is 3. The van der Waals surface area contributed by atoms with Gasteiger partial charge in [-0.25, -0.2) is 9.79 Å². The molecule has 0 saturated heterocycles. The quantitative estimate of drug-likeness (QED) is 0.485. The van der Waals surface area contributed by atoms with Crippen molar-refractivity contribution in [1.29, 1.82) is 0 Å². The summed E-state index contributed by atoms with van der Waals surface area (Å²) in [6.07, 6.45) is -5.08. The number of guanidine groups is 1.